The number of methoxy groups -OCH3 is 1. The number of amides is 1. The highest BCUT2D eigenvalue weighted by atomic mass is 16.5. The highest BCUT2D eigenvalue weighted by Gasteiger charge is 2.54. The van der Waals surface area contributed by atoms with Crippen LogP contribution in [0.2, 0.25) is 0 Å². The molecule has 1 atom stereocenters. The van der Waals surface area contributed by atoms with Gasteiger partial charge in [-0.15, -0.1) is 0 Å². The number of benzene rings is 1. The molecule has 0 bridgehead atoms. The highest BCUT2D eigenvalue weighted by Crippen LogP contribution is 2.42. The molecule has 27 heavy (non-hydrogen) atoms. The van der Waals surface area contributed by atoms with E-state index in [-0.39, 0.29) is 11.5 Å². The molecule has 4 rings (SSSR count). The van der Waals surface area contributed by atoms with Crippen molar-refractivity contribution in [3.05, 3.63) is 54.2 Å². The SMILES string of the molecule is COc1cccc(C(=O)N2CC3(C2)OCCC3CCOc2ccccn2)c1. The van der Waals surface area contributed by atoms with Crippen molar-refractivity contribution in [1.29, 1.82) is 0 Å². The standard InChI is InChI=1S/C21H24N2O4/c1-25-18-6-4-5-16(13-18)20(24)23-14-21(15-23)17(9-12-27-21)8-11-26-19-7-2-3-10-22-19/h2-7,10,13,17H,8-9,11-12,14-15H2,1H3. The van der Waals surface area contributed by atoms with Gasteiger partial charge in [-0.05, 0) is 43.0 Å². The third-order valence-electron chi connectivity index (χ3n) is 5.47. The van der Waals surface area contributed by atoms with Crippen molar-refractivity contribution in [2.24, 2.45) is 5.92 Å². The smallest absolute Gasteiger partial charge is 0.254 e. The average Bonchev–Trinajstić information content (AvgIpc) is 3.11. The van der Waals surface area contributed by atoms with Gasteiger partial charge >= 0.3 is 0 Å². The number of rotatable bonds is 6. The van der Waals surface area contributed by atoms with Gasteiger partial charge in [0.05, 0.1) is 26.8 Å². The zero-order chi connectivity index (χ0) is 18.7. The summed E-state index contributed by atoms with van der Waals surface area (Å²) in [5.41, 5.74) is 0.430. The van der Waals surface area contributed by atoms with Crippen LogP contribution in [-0.4, -0.2) is 54.8 Å². The molecule has 0 aliphatic carbocycles. The summed E-state index contributed by atoms with van der Waals surface area (Å²) in [6.07, 6.45) is 3.63. The fourth-order valence-corrected chi connectivity index (χ4v) is 3.96. The Balaban J connectivity index is 1.32. The number of pyridine rings is 1. The van der Waals surface area contributed by atoms with Crippen LogP contribution in [0.15, 0.2) is 48.7 Å². The van der Waals surface area contributed by atoms with Crippen molar-refractivity contribution < 1.29 is 19.0 Å². The van der Waals surface area contributed by atoms with E-state index < -0.39 is 0 Å². The summed E-state index contributed by atoms with van der Waals surface area (Å²) >= 11 is 0. The van der Waals surface area contributed by atoms with E-state index in [0.29, 0.717) is 42.8 Å². The molecule has 0 radical (unpaired) electrons. The second-order valence-electron chi connectivity index (χ2n) is 7.10. The van der Waals surface area contributed by atoms with E-state index >= 15 is 0 Å². The van der Waals surface area contributed by atoms with Gasteiger partial charge in [0.1, 0.15) is 11.4 Å². The van der Waals surface area contributed by atoms with Crippen LogP contribution in [0, 0.1) is 5.92 Å². The van der Waals surface area contributed by atoms with Crippen LogP contribution in [0.5, 0.6) is 11.6 Å². The summed E-state index contributed by atoms with van der Waals surface area (Å²) in [6.45, 7) is 2.63. The van der Waals surface area contributed by atoms with Gasteiger partial charge in [-0.1, -0.05) is 12.1 Å². The fourth-order valence-electron chi connectivity index (χ4n) is 3.96. The van der Waals surface area contributed by atoms with Crippen LogP contribution in [0.1, 0.15) is 23.2 Å². The molecule has 142 valence electrons. The molecule has 1 aromatic heterocycles. The molecular formula is C21H24N2O4. The summed E-state index contributed by atoms with van der Waals surface area (Å²) in [6, 6.07) is 12.9. The number of carbonyl (C=O) groups excluding carboxylic acids is 1. The van der Waals surface area contributed by atoms with E-state index in [9.17, 15) is 4.79 Å². The maximum absolute atomic E-state index is 12.7. The van der Waals surface area contributed by atoms with Crippen molar-refractivity contribution in [2.45, 2.75) is 18.4 Å². The molecule has 2 fully saturated rings. The Kier molecular flexibility index (Phi) is 4.99. The molecule has 1 amide bonds. The van der Waals surface area contributed by atoms with Crippen molar-refractivity contribution >= 4 is 5.91 Å². The molecular weight excluding hydrogens is 344 g/mol. The van der Waals surface area contributed by atoms with E-state index in [0.717, 1.165) is 19.4 Å². The minimum atomic E-state index is -0.220. The first kappa shape index (κ1) is 17.8. The van der Waals surface area contributed by atoms with Gasteiger partial charge in [0, 0.05) is 24.4 Å². The molecule has 2 saturated heterocycles. The largest absolute Gasteiger partial charge is 0.497 e. The Morgan fingerprint density at radius 2 is 2.19 bits per heavy atom. The van der Waals surface area contributed by atoms with Crippen molar-refractivity contribution in [3.8, 4) is 11.6 Å². The second-order valence-corrected chi connectivity index (χ2v) is 7.10. The minimum absolute atomic E-state index is 0.0264. The lowest BCUT2D eigenvalue weighted by atomic mass is 9.79. The Bertz CT molecular complexity index is 790. The number of nitrogens with zero attached hydrogens (tertiary/aromatic N) is 2. The lowest BCUT2D eigenvalue weighted by Gasteiger charge is -2.50. The summed E-state index contributed by atoms with van der Waals surface area (Å²) in [5.74, 6) is 1.76. The first-order chi connectivity index (χ1) is 13.2. The quantitative estimate of drug-likeness (QED) is 0.785. The first-order valence-electron chi connectivity index (χ1n) is 9.31. The number of hydrogen-bond acceptors (Lipinski definition) is 5. The monoisotopic (exact) mass is 368 g/mol. The van der Waals surface area contributed by atoms with Crippen molar-refractivity contribution in [3.63, 3.8) is 0 Å². The third kappa shape index (κ3) is 3.62. The van der Waals surface area contributed by atoms with Gasteiger partial charge in [-0.25, -0.2) is 4.98 Å². The second kappa shape index (κ2) is 7.56. The normalized spacial score (nSPS) is 20.3. The van der Waals surface area contributed by atoms with E-state index in [1.807, 2.05) is 41.3 Å². The van der Waals surface area contributed by atoms with Crippen molar-refractivity contribution in [2.75, 3.05) is 33.4 Å². The number of aromatic nitrogens is 1. The van der Waals surface area contributed by atoms with Crippen LogP contribution in [-0.2, 0) is 4.74 Å². The number of likely N-dealkylation sites (tertiary alicyclic amines) is 1. The number of ether oxygens (including phenoxy) is 3. The molecule has 6 heteroatoms. The van der Waals surface area contributed by atoms with Crippen LogP contribution in [0.3, 0.4) is 0 Å². The van der Waals surface area contributed by atoms with Crippen LogP contribution < -0.4 is 9.47 Å². The molecule has 2 aromatic rings. The van der Waals surface area contributed by atoms with Gasteiger partial charge in [-0.2, -0.15) is 0 Å². The highest BCUT2D eigenvalue weighted by molar-refractivity contribution is 5.95. The molecule has 2 aliphatic rings. The first-order valence-corrected chi connectivity index (χ1v) is 9.31. The molecule has 0 saturated carbocycles. The molecule has 1 unspecified atom stereocenters. The Labute approximate surface area is 159 Å². The zero-order valence-electron chi connectivity index (χ0n) is 15.5. The Hall–Kier alpha value is -2.60. The van der Waals surface area contributed by atoms with E-state index in [1.165, 1.54) is 0 Å². The van der Waals surface area contributed by atoms with E-state index in [2.05, 4.69) is 4.98 Å². The maximum Gasteiger partial charge on any atom is 0.254 e. The van der Waals surface area contributed by atoms with Gasteiger partial charge in [-0.3, -0.25) is 4.79 Å². The maximum atomic E-state index is 12.7. The lowest BCUT2D eigenvalue weighted by molar-refractivity contribution is -0.119. The summed E-state index contributed by atoms with van der Waals surface area (Å²) in [7, 11) is 1.60. The predicted octanol–water partition coefficient (Wildman–Crippen LogP) is 2.79. The topological polar surface area (TPSA) is 60.9 Å². The van der Waals surface area contributed by atoms with E-state index in [4.69, 9.17) is 14.2 Å². The predicted molar refractivity (Wildman–Crippen MR) is 100 cm³/mol. The lowest BCUT2D eigenvalue weighted by Crippen LogP contribution is -2.66. The van der Waals surface area contributed by atoms with Crippen LogP contribution in [0.25, 0.3) is 0 Å². The third-order valence-corrected chi connectivity index (χ3v) is 5.47. The Morgan fingerprint density at radius 3 is 2.96 bits per heavy atom. The zero-order valence-corrected chi connectivity index (χ0v) is 15.5. The number of hydrogen-bond donors (Lipinski definition) is 0. The van der Waals surface area contributed by atoms with Crippen molar-refractivity contribution in [1.82, 2.24) is 9.88 Å². The van der Waals surface area contributed by atoms with E-state index in [1.54, 1.807) is 19.4 Å². The van der Waals surface area contributed by atoms with Gasteiger partial charge < -0.3 is 19.1 Å². The minimum Gasteiger partial charge on any atom is -0.497 e. The molecule has 0 N–H and O–H groups in total. The molecule has 3 heterocycles. The summed E-state index contributed by atoms with van der Waals surface area (Å²) in [5, 5.41) is 0. The van der Waals surface area contributed by atoms with Gasteiger partial charge in [0.15, 0.2) is 0 Å². The van der Waals surface area contributed by atoms with Gasteiger partial charge in [0.2, 0.25) is 5.88 Å². The average molecular weight is 368 g/mol. The molecule has 6 nitrogen and oxygen atoms in total. The molecule has 1 spiro atoms. The van der Waals surface area contributed by atoms with Gasteiger partial charge in [0.25, 0.3) is 5.91 Å². The summed E-state index contributed by atoms with van der Waals surface area (Å²) < 4.78 is 17.0. The summed E-state index contributed by atoms with van der Waals surface area (Å²) in [4.78, 5) is 18.8. The van der Waals surface area contributed by atoms with Crippen LogP contribution in [0.4, 0.5) is 0 Å². The number of carbonyl (C=O) groups is 1. The molecule has 1 aromatic carbocycles. The fraction of sp³-hybridized carbons (Fsp3) is 0.429. The van der Waals surface area contributed by atoms with Crippen LogP contribution >= 0.6 is 0 Å². The molecule has 2 aliphatic heterocycles. The Morgan fingerprint density at radius 1 is 1.30 bits per heavy atom.